The Labute approximate surface area is 171 Å². The fourth-order valence-electron chi connectivity index (χ4n) is 3.02. The van der Waals surface area contributed by atoms with Gasteiger partial charge in [-0.15, -0.1) is 0 Å². The van der Waals surface area contributed by atoms with Gasteiger partial charge in [0.05, 0.1) is 0 Å². The molecular formula is C24H25N3O2. The van der Waals surface area contributed by atoms with Crippen LogP contribution in [0, 0.1) is 0 Å². The molecule has 5 nitrogen and oxygen atoms in total. The predicted molar refractivity (Wildman–Crippen MR) is 119 cm³/mol. The SMILES string of the molecule is CCN(C(=O)c1ccc(C(=O)Nc2ccc(N(C)C)cc2)cc1)c1ccccc1. The lowest BCUT2D eigenvalue weighted by atomic mass is 10.1. The quantitative estimate of drug-likeness (QED) is 0.669. The van der Waals surface area contributed by atoms with E-state index in [1.807, 2.05) is 80.5 Å². The van der Waals surface area contributed by atoms with Gasteiger partial charge in [-0.05, 0) is 67.6 Å². The van der Waals surface area contributed by atoms with Crippen molar-refractivity contribution >= 4 is 28.9 Å². The van der Waals surface area contributed by atoms with Crippen LogP contribution in [0.5, 0.6) is 0 Å². The maximum atomic E-state index is 12.9. The molecule has 5 heteroatoms. The number of benzene rings is 3. The summed E-state index contributed by atoms with van der Waals surface area (Å²) in [6.45, 7) is 2.50. The first kappa shape index (κ1) is 20.1. The van der Waals surface area contributed by atoms with E-state index >= 15 is 0 Å². The minimum atomic E-state index is -0.211. The highest BCUT2D eigenvalue weighted by Crippen LogP contribution is 2.19. The van der Waals surface area contributed by atoms with Crippen LogP contribution in [0.25, 0.3) is 0 Å². The maximum Gasteiger partial charge on any atom is 0.258 e. The Bertz CT molecular complexity index is 965. The van der Waals surface area contributed by atoms with Crippen molar-refractivity contribution in [3.63, 3.8) is 0 Å². The molecule has 0 saturated heterocycles. The number of anilines is 3. The van der Waals surface area contributed by atoms with E-state index in [0.717, 1.165) is 17.1 Å². The highest BCUT2D eigenvalue weighted by atomic mass is 16.2. The lowest BCUT2D eigenvalue weighted by molar-refractivity contribution is 0.0985. The molecule has 0 bridgehead atoms. The van der Waals surface area contributed by atoms with E-state index in [4.69, 9.17) is 0 Å². The second kappa shape index (κ2) is 9.06. The highest BCUT2D eigenvalue weighted by Gasteiger charge is 2.16. The maximum absolute atomic E-state index is 12.9. The van der Waals surface area contributed by atoms with E-state index in [2.05, 4.69) is 5.32 Å². The predicted octanol–water partition coefficient (Wildman–Crippen LogP) is 4.67. The summed E-state index contributed by atoms with van der Waals surface area (Å²) in [7, 11) is 3.93. The summed E-state index contributed by atoms with van der Waals surface area (Å²) in [6.07, 6.45) is 0. The second-order valence-electron chi connectivity index (χ2n) is 6.86. The molecule has 0 aromatic heterocycles. The summed E-state index contributed by atoms with van der Waals surface area (Å²) in [4.78, 5) is 29.1. The average Bonchev–Trinajstić information content (AvgIpc) is 2.75. The van der Waals surface area contributed by atoms with Gasteiger partial charge in [0.15, 0.2) is 0 Å². The Hall–Kier alpha value is -3.60. The smallest absolute Gasteiger partial charge is 0.258 e. The summed E-state index contributed by atoms with van der Waals surface area (Å²) >= 11 is 0. The number of para-hydroxylation sites is 1. The third kappa shape index (κ3) is 4.82. The molecule has 0 fully saturated rings. The van der Waals surface area contributed by atoms with Crippen molar-refractivity contribution < 1.29 is 9.59 Å². The van der Waals surface area contributed by atoms with Crippen molar-refractivity contribution in [3.05, 3.63) is 90.0 Å². The van der Waals surface area contributed by atoms with Crippen LogP contribution >= 0.6 is 0 Å². The van der Waals surface area contributed by atoms with Crippen molar-refractivity contribution in [2.45, 2.75) is 6.92 Å². The van der Waals surface area contributed by atoms with Gasteiger partial charge in [-0.25, -0.2) is 0 Å². The van der Waals surface area contributed by atoms with E-state index in [1.54, 1.807) is 29.2 Å². The van der Waals surface area contributed by atoms with Gasteiger partial charge in [0.25, 0.3) is 11.8 Å². The molecule has 29 heavy (non-hydrogen) atoms. The van der Waals surface area contributed by atoms with E-state index in [9.17, 15) is 9.59 Å². The summed E-state index contributed by atoms with van der Waals surface area (Å²) in [5, 5.41) is 2.88. The van der Waals surface area contributed by atoms with Crippen molar-refractivity contribution in [1.29, 1.82) is 0 Å². The molecule has 3 aromatic carbocycles. The van der Waals surface area contributed by atoms with Crippen LogP contribution in [0.15, 0.2) is 78.9 Å². The number of carbonyl (C=O) groups is 2. The van der Waals surface area contributed by atoms with Gasteiger partial charge in [0.2, 0.25) is 0 Å². The van der Waals surface area contributed by atoms with Gasteiger partial charge >= 0.3 is 0 Å². The summed E-state index contributed by atoms with van der Waals surface area (Å²) < 4.78 is 0. The van der Waals surface area contributed by atoms with Crippen molar-refractivity contribution in [3.8, 4) is 0 Å². The normalized spacial score (nSPS) is 10.3. The monoisotopic (exact) mass is 387 g/mol. The van der Waals surface area contributed by atoms with Gasteiger partial charge < -0.3 is 15.1 Å². The Balaban J connectivity index is 1.70. The zero-order valence-electron chi connectivity index (χ0n) is 16.9. The second-order valence-corrected chi connectivity index (χ2v) is 6.86. The minimum absolute atomic E-state index is 0.0927. The van der Waals surface area contributed by atoms with Crippen LogP contribution in [-0.4, -0.2) is 32.5 Å². The molecule has 0 spiro atoms. The van der Waals surface area contributed by atoms with Crippen molar-refractivity contribution in [1.82, 2.24) is 0 Å². The Kier molecular flexibility index (Phi) is 6.29. The molecule has 0 aliphatic carbocycles. The number of hydrogen-bond acceptors (Lipinski definition) is 3. The number of nitrogens with one attached hydrogen (secondary N) is 1. The van der Waals surface area contributed by atoms with Crippen LogP contribution in [0.4, 0.5) is 17.1 Å². The average molecular weight is 387 g/mol. The molecule has 2 amide bonds. The number of amides is 2. The van der Waals surface area contributed by atoms with Crippen LogP contribution < -0.4 is 15.1 Å². The first-order chi connectivity index (χ1) is 14.0. The van der Waals surface area contributed by atoms with Crippen LogP contribution in [0.3, 0.4) is 0 Å². The number of hydrogen-bond donors (Lipinski definition) is 1. The highest BCUT2D eigenvalue weighted by molar-refractivity contribution is 6.08. The molecule has 0 aliphatic rings. The van der Waals surface area contributed by atoms with E-state index < -0.39 is 0 Å². The number of carbonyl (C=O) groups excluding carboxylic acids is 2. The molecular weight excluding hydrogens is 362 g/mol. The molecule has 0 heterocycles. The molecule has 0 unspecified atom stereocenters. The lowest BCUT2D eigenvalue weighted by Gasteiger charge is -2.21. The molecule has 148 valence electrons. The number of nitrogens with zero attached hydrogens (tertiary/aromatic N) is 2. The number of rotatable bonds is 6. The first-order valence-electron chi connectivity index (χ1n) is 9.55. The fourth-order valence-corrected chi connectivity index (χ4v) is 3.02. The zero-order valence-corrected chi connectivity index (χ0v) is 16.9. The summed E-state index contributed by atoms with van der Waals surface area (Å²) in [5.74, 6) is -0.304. The van der Waals surface area contributed by atoms with E-state index in [1.165, 1.54) is 0 Å². The molecule has 0 saturated carbocycles. The minimum Gasteiger partial charge on any atom is -0.378 e. The Morgan fingerprint density at radius 2 is 1.34 bits per heavy atom. The Morgan fingerprint density at radius 1 is 0.759 bits per heavy atom. The third-order valence-corrected chi connectivity index (χ3v) is 4.66. The molecule has 0 atom stereocenters. The third-order valence-electron chi connectivity index (χ3n) is 4.66. The molecule has 3 aromatic rings. The lowest BCUT2D eigenvalue weighted by Crippen LogP contribution is -2.30. The zero-order chi connectivity index (χ0) is 20.8. The standard InChI is InChI=1S/C24H25N3O2/c1-4-27(22-8-6-5-7-9-22)24(29)19-12-10-18(11-13-19)23(28)25-20-14-16-21(17-15-20)26(2)3/h5-17H,4H2,1-3H3,(H,25,28). The van der Waals surface area contributed by atoms with E-state index in [-0.39, 0.29) is 11.8 Å². The Morgan fingerprint density at radius 3 is 1.90 bits per heavy atom. The van der Waals surface area contributed by atoms with Gasteiger partial charge in [-0.2, -0.15) is 0 Å². The van der Waals surface area contributed by atoms with Gasteiger partial charge in [0, 0.05) is 48.8 Å². The van der Waals surface area contributed by atoms with Crippen LogP contribution in [0.1, 0.15) is 27.6 Å². The molecule has 1 N–H and O–H groups in total. The fraction of sp³-hybridized carbons (Fsp3) is 0.167. The summed E-state index contributed by atoms with van der Waals surface area (Å²) in [5.41, 5.74) is 3.68. The largest absolute Gasteiger partial charge is 0.378 e. The molecule has 0 radical (unpaired) electrons. The molecule has 3 rings (SSSR count). The van der Waals surface area contributed by atoms with E-state index in [0.29, 0.717) is 17.7 Å². The van der Waals surface area contributed by atoms with Gasteiger partial charge in [-0.1, -0.05) is 18.2 Å². The van der Waals surface area contributed by atoms with Gasteiger partial charge in [-0.3, -0.25) is 9.59 Å². The van der Waals surface area contributed by atoms with Crippen LogP contribution in [-0.2, 0) is 0 Å². The topological polar surface area (TPSA) is 52.7 Å². The summed E-state index contributed by atoms with van der Waals surface area (Å²) in [6, 6.07) is 23.9. The first-order valence-corrected chi connectivity index (χ1v) is 9.55. The van der Waals surface area contributed by atoms with Crippen LogP contribution in [0.2, 0.25) is 0 Å². The van der Waals surface area contributed by atoms with Crippen molar-refractivity contribution in [2.75, 3.05) is 35.8 Å². The molecule has 0 aliphatic heterocycles. The van der Waals surface area contributed by atoms with Gasteiger partial charge in [0.1, 0.15) is 0 Å². The van der Waals surface area contributed by atoms with Crippen molar-refractivity contribution in [2.24, 2.45) is 0 Å².